The molecule has 6 nitrogen and oxygen atoms in total. The van der Waals surface area contributed by atoms with Gasteiger partial charge < -0.3 is 0 Å². The Morgan fingerprint density at radius 2 is 1.62 bits per heavy atom. The lowest BCUT2D eigenvalue weighted by Gasteiger charge is -2.27. The second-order valence-corrected chi connectivity index (χ2v) is 9.03. The predicted octanol–water partition coefficient (Wildman–Crippen LogP) is 2.36. The maximum absolute atomic E-state index is 12.7. The number of carbonyl (C=O) groups is 1. The number of nitrogens with zero attached hydrogens (tertiary/aromatic N) is 2. The van der Waals surface area contributed by atoms with Crippen molar-refractivity contribution in [3.8, 4) is 0 Å². The summed E-state index contributed by atoms with van der Waals surface area (Å²) in [7, 11) is -3.53. The number of benzene rings is 1. The van der Waals surface area contributed by atoms with Gasteiger partial charge in [-0.3, -0.25) is 10.2 Å². The average molecular weight is 416 g/mol. The molecule has 0 saturated carbocycles. The largest absolute Gasteiger partial charge is 0.285 e. The van der Waals surface area contributed by atoms with Gasteiger partial charge >= 0.3 is 0 Å². The van der Waals surface area contributed by atoms with Crippen molar-refractivity contribution in [1.29, 1.82) is 0 Å². The molecule has 3 rings (SSSR count). The standard InChI is InChI=1S/C16H22BrN3O3S/c17-15-7-6-13(24(22,23)20-10-4-5-11-20)12-14(15)16(21)18-19-8-2-1-3-9-19/h6-7,12H,1-5,8-11H2,(H,18,21). The van der Waals surface area contributed by atoms with Crippen LogP contribution in [0, 0.1) is 0 Å². The van der Waals surface area contributed by atoms with Crippen molar-refractivity contribution in [3.63, 3.8) is 0 Å². The number of amides is 1. The van der Waals surface area contributed by atoms with Crippen molar-refractivity contribution in [3.05, 3.63) is 28.2 Å². The Morgan fingerprint density at radius 3 is 2.29 bits per heavy atom. The Kier molecular flexibility index (Phi) is 5.59. The fourth-order valence-corrected chi connectivity index (χ4v) is 5.10. The van der Waals surface area contributed by atoms with Gasteiger partial charge in [-0.05, 0) is 59.8 Å². The molecule has 1 aromatic carbocycles. The molecule has 0 aromatic heterocycles. The van der Waals surface area contributed by atoms with Gasteiger partial charge in [-0.2, -0.15) is 4.31 Å². The topological polar surface area (TPSA) is 69.7 Å². The minimum Gasteiger partial charge on any atom is -0.285 e. The molecule has 2 aliphatic rings. The van der Waals surface area contributed by atoms with E-state index in [1.807, 2.05) is 5.01 Å². The van der Waals surface area contributed by atoms with Crippen molar-refractivity contribution in [2.45, 2.75) is 37.0 Å². The molecule has 0 radical (unpaired) electrons. The average Bonchev–Trinajstić information content (AvgIpc) is 3.11. The van der Waals surface area contributed by atoms with E-state index < -0.39 is 10.0 Å². The first-order valence-electron chi connectivity index (χ1n) is 8.34. The number of hydrogen-bond acceptors (Lipinski definition) is 4. The lowest BCUT2D eigenvalue weighted by molar-refractivity contribution is 0.0749. The highest BCUT2D eigenvalue weighted by molar-refractivity contribution is 9.10. The Labute approximate surface area is 151 Å². The highest BCUT2D eigenvalue weighted by atomic mass is 79.9. The summed E-state index contributed by atoms with van der Waals surface area (Å²) in [6.45, 7) is 2.76. The molecule has 2 saturated heterocycles. The van der Waals surface area contributed by atoms with E-state index >= 15 is 0 Å². The van der Waals surface area contributed by atoms with Crippen LogP contribution in [0.15, 0.2) is 27.6 Å². The first-order valence-corrected chi connectivity index (χ1v) is 10.6. The number of halogens is 1. The second-order valence-electron chi connectivity index (χ2n) is 6.24. The number of nitrogens with one attached hydrogen (secondary N) is 1. The van der Waals surface area contributed by atoms with Gasteiger partial charge in [0.1, 0.15) is 0 Å². The van der Waals surface area contributed by atoms with Crippen molar-refractivity contribution in [1.82, 2.24) is 14.7 Å². The van der Waals surface area contributed by atoms with Gasteiger partial charge in [-0.15, -0.1) is 0 Å². The highest BCUT2D eigenvalue weighted by Crippen LogP contribution is 2.25. The molecule has 0 aliphatic carbocycles. The van der Waals surface area contributed by atoms with Crippen molar-refractivity contribution in [2.75, 3.05) is 26.2 Å². The molecular formula is C16H22BrN3O3S. The number of hydrazine groups is 1. The van der Waals surface area contributed by atoms with Crippen molar-refractivity contribution >= 4 is 31.9 Å². The van der Waals surface area contributed by atoms with Crippen LogP contribution in [-0.2, 0) is 10.0 Å². The van der Waals surface area contributed by atoms with Crippen LogP contribution in [0.4, 0.5) is 0 Å². The zero-order valence-corrected chi connectivity index (χ0v) is 15.9. The van der Waals surface area contributed by atoms with E-state index in [9.17, 15) is 13.2 Å². The molecular weight excluding hydrogens is 394 g/mol. The van der Waals surface area contributed by atoms with Crippen LogP contribution in [0.5, 0.6) is 0 Å². The zero-order chi connectivity index (χ0) is 17.2. The molecule has 0 unspecified atom stereocenters. The SMILES string of the molecule is O=C(NN1CCCCC1)c1cc(S(=O)(=O)N2CCCC2)ccc1Br. The number of rotatable bonds is 4. The second kappa shape index (κ2) is 7.51. The molecule has 0 atom stereocenters. The number of carbonyl (C=O) groups excluding carboxylic acids is 1. The lowest BCUT2D eigenvalue weighted by atomic mass is 10.1. The Bertz CT molecular complexity index is 711. The zero-order valence-electron chi connectivity index (χ0n) is 13.5. The van der Waals surface area contributed by atoms with E-state index in [0.717, 1.165) is 38.8 Å². The summed E-state index contributed by atoms with van der Waals surface area (Å²) < 4.78 is 27.4. The predicted molar refractivity (Wildman–Crippen MR) is 95.0 cm³/mol. The molecule has 2 fully saturated rings. The first-order chi connectivity index (χ1) is 11.5. The third-order valence-corrected chi connectivity index (χ3v) is 7.09. The lowest BCUT2D eigenvalue weighted by Crippen LogP contribution is -2.45. The Morgan fingerprint density at radius 1 is 1.00 bits per heavy atom. The van der Waals surface area contributed by atoms with Gasteiger partial charge in [0.05, 0.1) is 10.5 Å². The minimum atomic E-state index is -3.53. The summed E-state index contributed by atoms with van der Waals surface area (Å²) in [6, 6.07) is 4.65. The number of sulfonamides is 1. The maximum atomic E-state index is 12.7. The maximum Gasteiger partial charge on any atom is 0.266 e. The van der Waals surface area contributed by atoms with E-state index in [4.69, 9.17) is 0 Å². The third kappa shape index (κ3) is 3.82. The molecule has 1 amide bonds. The highest BCUT2D eigenvalue weighted by Gasteiger charge is 2.28. The van der Waals surface area contributed by atoms with Gasteiger partial charge in [0.2, 0.25) is 10.0 Å². The van der Waals surface area contributed by atoms with Gasteiger partial charge in [-0.25, -0.2) is 13.4 Å². The fraction of sp³-hybridized carbons (Fsp3) is 0.562. The summed E-state index contributed by atoms with van der Waals surface area (Å²) in [5.74, 6) is -0.276. The van der Waals surface area contributed by atoms with E-state index in [0.29, 0.717) is 23.1 Å². The van der Waals surface area contributed by atoms with Crippen LogP contribution >= 0.6 is 15.9 Å². The summed E-state index contributed by atoms with van der Waals surface area (Å²) >= 11 is 3.36. The van der Waals surface area contributed by atoms with Gasteiger partial charge in [-0.1, -0.05) is 6.42 Å². The van der Waals surface area contributed by atoms with E-state index in [1.165, 1.54) is 16.8 Å². The summed E-state index contributed by atoms with van der Waals surface area (Å²) in [4.78, 5) is 12.7. The van der Waals surface area contributed by atoms with Crippen LogP contribution in [0.1, 0.15) is 42.5 Å². The van der Waals surface area contributed by atoms with Crippen LogP contribution < -0.4 is 5.43 Å². The van der Waals surface area contributed by atoms with Gasteiger partial charge in [0.25, 0.3) is 5.91 Å². The van der Waals surface area contributed by atoms with E-state index in [2.05, 4.69) is 21.4 Å². The number of piperidine rings is 1. The molecule has 1 aromatic rings. The smallest absolute Gasteiger partial charge is 0.266 e. The molecule has 2 aliphatic heterocycles. The molecule has 0 spiro atoms. The Hall–Kier alpha value is -0.960. The van der Waals surface area contributed by atoms with Crippen LogP contribution in [0.3, 0.4) is 0 Å². The third-order valence-electron chi connectivity index (χ3n) is 4.50. The minimum absolute atomic E-state index is 0.177. The van der Waals surface area contributed by atoms with Crippen LogP contribution in [0.25, 0.3) is 0 Å². The quantitative estimate of drug-likeness (QED) is 0.819. The fourth-order valence-electron chi connectivity index (χ4n) is 3.13. The molecule has 1 N–H and O–H groups in total. The molecule has 132 valence electrons. The normalized spacial score (nSPS) is 20.2. The molecule has 24 heavy (non-hydrogen) atoms. The Balaban J connectivity index is 1.81. The summed E-state index contributed by atoms with van der Waals surface area (Å²) in [5, 5.41) is 1.90. The van der Waals surface area contributed by atoms with E-state index in [1.54, 1.807) is 12.1 Å². The monoisotopic (exact) mass is 415 g/mol. The van der Waals surface area contributed by atoms with Crippen LogP contribution in [0.2, 0.25) is 0 Å². The summed E-state index contributed by atoms with van der Waals surface area (Å²) in [5.41, 5.74) is 3.23. The molecule has 2 heterocycles. The molecule has 8 heteroatoms. The van der Waals surface area contributed by atoms with Gasteiger partial charge in [0.15, 0.2) is 0 Å². The molecule has 0 bridgehead atoms. The first kappa shape index (κ1) is 17.8. The van der Waals surface area contributed by atoms with Crippen LogP contribution in [-0.4, -0.2) is 49.8 Å². The van der Waals surface area contributed by atoms with Crippen molar-refractivity contribution in [2.24, 2.45) is 0 Å². The summed E-state index contributed by atoms with van der Waals surface area (Å²) in [6.07, 6.45) is 5.07. The van der Waals surface area contributed by atoms with E-state index in [-0.39, 0.29) is 10.8 Å². The van der Waals surface area contributed by atoms with Gasteiger partial charge in [0, 0.05) is 30.7 Å². The van der Waals surface area contributed by atoms with Crippen molar-refractivity contribution < 1.29 is 13.2 Å². The number of hydrogen-bond donors (Lipinski definition) is 1.